The third-order valence-corrected chi connectivity index (χ3v) is 3.01. The van der Waals surface area contributed by atoms with Gasteiger partial charge in [-0.3, -0.25) is 4.79 Å². The van der Waals surface area contributed by atoms with E-state index in [2.05, 4.69) is 5.32 Å². The number of nitrogens with one attached hydrogen (secondary N) is 1. The van der Waals surface area contributed by atoms with Gasteiger partial charge in [0.15, 0.2) is 6.61 Å². The summed E-state index contributed by atoms with van der Waals surface area (Å²) in [6, 6.07) is 3.72. The monoisotopic (exact) mass is 319 g/mol. The van der Waals surface area contributed by atoms with E-state index in [0.29, 0.717) is 22.9 Å². The quantitative estimate of drug-likeness (QED) is 0.810. The predicted molar refractivity (Wildman–Crippen MR) is 76.4 cm³/mol. The first-order chi connectivity index (χ1) is 9.43. The predicted octanol–water partition coefficient (Wildman–Crippen LogP) is 2.74. The molecule has 5 nitrogen and oxygen atoms in total. The van der Waals surface area contributed by atoms with Crippen LogP contribution in [0.3, 0.4) is 0 Å². The van der Waals surface area contributed by atoms with E-state index < -0.39 is 17.9 Å². The molecule has 1 atom stereocenters. The third kappa shape index (κ3) is 5.27. The summed E-state index contributed by atoms with van der Waals surface area (Å²) in [5, 5.41) is 12.1. The molecule has 1 aromatic rings. The Labute approximate surface area is 126 Å². The number of ether oxygens (including phenoxy) is 1. The molecular weight excluding hydrogens is 305 g/mol. The zero-order valence-corrected chi connectivity index (χ0v) is 12.4. The number of carboxylic acids is 1. The molecule has 0 radical (unpaired) electrons. The Morgan fingerprint density at radius 2 is 2.10 bits per heavy atom. The summed E-state index contributed by atoms with van der Waals surface area (Å²) < 4.78 is 5.22. The van der Waals surface area contributed by atoms with Crippen molar-refractivity contribution in [2.75, 3.05) is 6.61 Å². The van der Waals surface area contributed by atoms with Crippen LogP contribution in [0.2, 0.25) is 10.0 Å². The van der Waals surface area contributed by atoms with Crippen molar-refractivity contribution in [3.05, 3.63) is 28.2 Å². The van der Waals surface area contributed by atoms with Gasteiger partial charge in [-0.2, -0.15) is 0 Å². The molecule has 1 rings (SSSR count). The molecule has 0 saturated heterocycles. The number of rotatable bonds is 7. The molecule has 0 aliphatic heterocycles. The van der Waals surface area contributed by atoms with Gasteiger partial charge < -0.3 is 15.2 Å². The summed E-state index contributed by atoms with van der Waals surface area (Å²) in [6.07, 6.45) is 1.01. The second-order valence-electron chi connectivity index (χ2n) is 4.11. The van der Waals surface area contributed by atoms with Gasteiger partial charge in [0.05, 0.1) is 5.02 Å². The van der Waals surface area contributed by atoms with Crippen LogP contribution < -0.4 is 10.1 Å². The lowest BCUT2D eigenvalue weighted by Crippen LogP contribution is -2.42. The van der Waals surface area contributed by atoms with E-state index in [0.717, 1.165) is 0 Å². The first-order valence-electron chi connectivity index (χ1n) is 6.04. The van der Waals surface area contributed by atoms with Crippen LogP contribution in [0, 0.1) is 0 Å². The molecule has 0 bridgehead atoms. The molecule has 0 heterocycles. The highest BCUT2D eigenvalue weighted by Gasteiger charge is 2.19. The van der Waals surface area contributed by atoms with Crippen molar-refractivity contribution in [2.45, 2.75) is 25.8 Å². The van der Waals surface area contributed by atoms with Gasteiger partial charge in [-0.05, 0) is 18.6 Å². The molecule has 2 N–H and O–H groups in total. The maximum absolute atomic E-state index is 11.6. The van der Waals surface area contributed by atoms with Crippen molar-refractivity contribution in [3.63, 3.8) is 0 Å². The van der Waals surface area contributed by atoms with E-state index in [1.54, 1.807) is 12.1 Å². The van der Waals surface area contributed by atoms with Crippen molar-refractivity contribution in [2.24, 2.45) is 0 Å². The van der Waals surface area contributed by atoms with Gasteiger partial charge in [0.1, 0.15) is 11.8 Å². The van der Waals surface area contributed by atoms with Crippen molar-refractivity contribution in [1.29, 1.82) is 0 Å². The highest BCUT2D eigenvalue weighted by Crippen LogP contribution is 2.27. The summed E-state index contributed by atoms with van der Waals surface area (Å²) in [7, 11) is 0. The minimum atomic E-state index is -1.07. The number of benzene rings is 1. The standard InChI is InChI=1S/C13H15Cl2NO4/c1-2-3-10(13(18)19)16-12(17)7-20-11-6-8(14)4-5-9(11)15/h4-6,10H,2-3,7H2,1H3,(H,16,17)(H,18,19)/t10-/m1/s1. The van der Waals surface area contributed by atoms with Gasteiger partial charge in [0.2, 0.25) is 0 Å². The second-order valence-corrected chi connectivity index (χ2v) is 4.95. The van der Waals surface area contributed by atoms with Crippen LogP contribution in [0.4, 0.5) is 0 Å². The van der Waals surface area contributed by atoms with Crippen LogP contribution in [0.5, 0.6) is 5.75 Å². The van der Waals surface area contributed by atoms with E-state index in [9.17, 15) is 9.59 Å². The van der Waals surface area contributed by atoms with Crippen molar-refractivity contribution in [1.82, 2.24) is 5.32 Å². The van der Waals surface area contributed by atoms with E-state index in [1.807, 2.05) is 6.92 Å². The SMILES string of the molecule is CCC[C@@H](NC(=O)COc1cc(Cl)ccc1Cl)C(=O)O. The van der Waals surface area contributed by atoms with E-state index >= 15 is 0 Å². The van der Waals surface area contributed by atoms with Crippen molar-refractivity contribution < 1.29 is 19.4 Å². The Bertz CT molecular complexity index is 493. The maximum Gasteiger partial charge on any atom is 0.326 e. The molecule has 1 amide bonds. The van der Waals surface area contributed by atoms with E-state index in [1.165, 1.54) is 6.07 Å². The van der Waals surface area contributed by atoms with Crippen LogP contribution >= 0.6 is 23.2 Å². The lowest BCUT2D eigenvalue weighted by Gasteiger charge is -2.14. The summed E-state index contributed by atoms with van der Waals surface area (Å²) in [4.78, 5) is 22.5. The molecule has 110 valence electrons. The fourth-order valence-electron chi connectivity index (χ4n) is 1.51. The number of halogens is 2. The minimum Gasteiger partial charge on any atom is -0.482 e. The molecule has 0 aliphatic rings. The van der Waals surface area contributed by atoms with Crippen LogP contribution in [0.25, 0.3) is 0 Å². The minimum absolute atomic E-state index is 0.275. The molecule has 0 spiro atoms. The van der Waals surface area contributed by atoms with Gasteiger partial charge in [-0.15, -0.1) is 0 Å². The van der Waals surface area contributed by atoms with E-state index in [4.69, 9.17) is 33.0 Å². The lowest BCUT2D eigenvalue weighted by molar-refractivity contribution is -0.142. The Morgan fingerprint density at radius 1 is 1.40 bits per heavy atom. The molecule has 0 aliphatic carbocycles. The molecule has 0 unspecified atom stereocenters. The van der Waals surface area contributed by atoms with Crippen LogP contribution in [-0.2, 0) is 9.59 Å². The third-order valence-electron chi connectivity index (χ3n) is 2.46. The van der Waals surface area contributed by atoms with Gasteiger partial charge in [0.25, 0.3) is 5.91 Å². The van der Waals surface area contributed by atoms with Crippen LogP contribution in [-0.4, -0.2) is 29.6 Å². The topological polar surface area (TPSA) is 75.6 Å². The number of hydrogen-bond acceptors (Lipinski definition) is 3. The molecule has 20 heavy (non-hydrogen) atoms. The van der Waals surface area contributed by atoms with Gasteiger partial charge in [-0.25, -0.2) is 4.79 Å². The Balaban J connectivity index is 2.54. The summed E-state index contributed by atoms with van der Waals surface area (Å²) >= 11 is 11.7. The fraction of sp³-hybridized carbons (Fsp3) is 0.385. The van der Waals surface area contributed by atoms with Gasteiger partial charge in [0, 0.05) is 11.1 Å². The highest BCUT2D eigenvalue weighted by atomic mass is 35.5. The smallest absolute Gasteiger partial charge is 0.326 e. The maximum atomic E-state index is 11.6. The van der Waals surface area contributed by atoms with E-state index in [-0.39, 0.29) is 12.4 Å². The Hall–Kier alpha value is -1.46. The first kappa shape index (κ1) is 16.6. The van der Waals surface area contributed by atoms with Gasteiger partial charge in [-0.1, -0.05) is 36.5 Å². The molecule has 0 saturated carbocycles. The molecule has 7 heteroatoms. The van der Waals surface area contributed by atoms with Crippen LogP contribution in [0.1, 0.15) is 19.8 Å². The number of carbonyl (C=O) groups is 2. The Morgan fingerprint density at radius 3 is 2.70 bits per heavy atom. The normalized spacial score (nSPS) is 11.8. The highest BCUT2D eigenvalue weighted by molar-refractivity contribution is 6.34. The van der Waals surface area contributed by atoms with Crippen LogP contribution in [0.15, 0.2) is 18.2 Å². The molecule has 0 aromatic heterocycles. The number of aliphatic carboxylic acids is 1. The zero-order chi connectivity index (χ0) is 15.1. The molecule has 0 fully saturated rings. The number of amides is 1. The largest absolute Gasteiger partial charge is 0.482 e. The Kier molecular flexibility index (Phi) is 6.61. The molecule has 1 aromatic carbocycles. The number of carbonyl (C=O) groups excluding carboxylic acids is 1. The molecular formula is C13H15Cl2NO4. The summed E-state index contributed by atoms with van der Waals surface area (Å²) in [5.41, 5.74) is 0. The fourth-order valence-corrected chi connectivity index (χ4v) is 1.85. The van der Waals surface area contributed by atoms with Crippen molar-refractivity contribution >= 4 is 35.1 Å². The summed E-state index contributed by atoms with van der Waals surface area (Å²) in [5.74, 6) is -1.32. The first-order valence-corrected chi connectivity index (χ1v) is 6.79. The lowest BCUT2D eigenvalue weighted by atomic mass is 10.2. The average molecular weight is 320 g/mol. The van der Waals surface area contributed by atoms with Gasteiger partial charge >= 0.3 is 5.97 Å². The second kappa shape index (κ2) is 7.97. The number of hydrogen-bond donors (Lipinski definition) is 2. The van der Waals surface area contributed by atoms with Crippen molar-refractivity contribution in [3.8, 4) is 5.75 Å². The zero-order valence-electron chi connectivity index (χ0n) is 10.9. The number of carboxylic acid groups (broad SMARTS) is 1. The average Bonchev–Trinajstić information content (AvgIpc) is 2.39. The summed E-state index contributed by atoms with van der Waals surface area (Å²) in [6.45, 7) is 1.51.